The Kier molecular flexibility index (Phi) is 5.21. The zero-order valence-corrected chi connectivity index (χ0v) is 12.4. The highest BCUT2D eigenvalue weighted by atomic mass is 19.2. The average molecular weight is 312 g/mol. The van der Waals surface area contributed by atoms with Crippen molar-refractivity contribution in [3.63, 3.8) is 0 Å². The van der Waals surface area contributed by atoms with Crippen LogP contribution in [0.15, 0.2) is 54.1 Å². The minimum Gasteiger partial charge on any atom is -0.345 e. The number of carbonyl (C=O) groups excluding carboxylic acids is 1. The lowest BCUT2D eigenvalue weighted by Gasteiger charge is -2.13. The number of halogens is 2. The first-order valence-corrected chi connectivity index (χ1v) is 6.94. The number of amides is 1. The molecule has 0 aliphatic rings. The molecule has 0 spiro atoms. The molecule has 1 atom stereocenters. The molecular weight excluding hydrogens is 298 g/mol. The topological polar surface area (TPSA) is 52.9 Å². The van der Waals surface area contributed by atoms with Crippen molar-refractivity contribution >= 4 is 12.0 Å². The maximum Gasteiger partial charge on any atom is 0.262 e. The molecule has 0 aromatic heterocycles. The molecule has 0 fully saturated rings. The van der Waals surface area contributed by atoms with E-state index in [1.54, 1.807) is 13.0 Å². The van der Waals surface area contributed by atoms with Gasteiger partial charge in [-0.2, -0.15) is 5.26 Å². The van der Waals surface area contributed by atoms with E-state index in [9.17, 15) is 13.6 Å². The van der Waals surface area contributed by atoms with Crippen molar-refractivity contribution < 1.29 is 13.6 Å². The van der Waals surface area contributed by atoms with Gasteiger partial charge in [-0.1, -0.05) is 42.5 Å². The van der Waals surface area contributed by atoms with Gasteiger partial charge in [0.15, 0.2) is 11.6 Å². The Morgan fingerprint density at radius 1 is 1.17 bits per heavy atom. The standard InChI is InChI=1S/C18H14F2N2O/c1-12(13-6-3-2-4-7-13)22-18(23)15(11-21)10-14-8-5-9-16(19)17(14)20/h2-10,12H,1H3,(H,22,23)/b15-10-. The van der Waals surface area contributed by atoms with Gasteiger partial charge in [0.05, 0.1) is 6.04 Å². The molecule has 3 nitrogen and oxygen atoms in total. The van der Waals surface area contributed by atoms with E-state index in [0.29, 0.717) is 0 Å². The van der Waals surface area contributed by atoms with E-state index < -0.39 is 17.5 Å². The van der Waals surface area contributed by atoms with Crippen molar-refractivity contribution in [3.8, 4) is 6.07 Å². The molecule has 1 amide bonds. The van der Waals surface area contributed by atoms with E-state index in [0.717, 1.165) is 17.7 Å². The fourth-order valence-corrected chi connectivity index (χ4v) is 2.04. The van der Waals surface area contributed by atoms with E-state index in [1.165, 1.54) is 12.1 Å². The van der Waals surface area contributed by atoms with Gasteiger partial charge < -0.3 is 5.32 Å². The molecule has 1 N–H and O–H groups in total. The van der Waals surface area contributed by atoms with Gasteiger partial charge in [-0.05, 0) is 24.6 Å². The van der Waals surface area contributed by atoms with Crippen LogP contribution in [0.1, 0.15) is 24.1 Å². The zero-order chi connectivity index (χ0) is 16.8. The molecule has 2 aromatic rings. The van der Waals surface area contributed by atoms with E-state index in [4.69, 9.17) is 5.26 Å². The Hall–Kier alpha value is -3.00. The summed E-state index contributed by atoms with van der Waals surface area (Å²) in [6, 6.07) is 14.2. The van der Waals surface area contributed by atoms with E-state index in [2.05, 4.69) is 5.32 Å². The van der Waals surface area contributed by atoms with Crippen molar-refractivity contribution in [2.45, 2.75) is 13.0 Å². The number of nitrogens with one attached hydrogen (secondary N) is 1. The molecule has 2 rings (SSSR count). The summed E-state index contributed by atoms with van der Waals surface area (Å²) in [4.78, 5) is 12.1. The second kappa shape index (κ2) is 7.32. The molecule has 0 radical (unpaired) electrons. The highest BCUT2D eigenvalue weighted by molar-refractivity contribution is 6.01. The second-order valence-corrected chi connectivity index (χ2v) is 4.92. The van der Waals surface area contributed by atoms with Crippen LogP contribution in [0.5, 0.6) is 0 Å². The van der Waals surface area contributed by atoms with Crippen LogP contribution in [-0.2, 0) is 4.79 Å². The van der Waals surface area contributed by atoms with E-state index in [-0.39, 0.29) is 17.2 Å². The van der Waals surface area contributed by atoms with Gasteiger partial charge in [0.25, 0.3) is 5.91 Å². The largest absolute Gasteiger partial charge is 0.345 e. The minimum atomic E-state index is -1.09. The SMILES string of the molecule is CC(NC(=O)/C(C#N)=C\c1cccc(F)c1F)c1ccccc1. The third-order valence-electron chi connectivity index (χ3n) is 3.29. The Morgan fingerprint density at radius 2 is 1.87 bits per heavy atom. The Morgan fingerprint density at radius 3 is 2.52 bits per heavy atom. The Balaban J connectivity index is 2.21. The number of carbonyl (C=O) groups is 1. The molecule has 23 heavy (non-hydrogen) atoms. The van der Waals surface area contributed by atoms with Crippen LogP contribution in [-0.4, -0.2) is 5.91 Å². The van der Waals surface area contributed by atoms with Crippen LogP contribution >= 0.6 is 0 Å². The zero-order valence-electron chi connectivity index (χ0n) is 12.4. The summed E-state index contributed by atoms with van der Waals surface area (Å²) in [5.74, 6) is -2.77. The van der Waals surface area contributed by atoms with E-state index in [1.807, 2.05) is 30.3 Å². The third-order valence-corrected chi connectivity index (χ3v) is 3.29. The van der Waals surface area contributed by atoms with Crippen molar-refractivity contribution in [2.75, 3.05) is 0 Å². The smallest absolute Gasteiger partial charge is 0.262 e. The highest BCUT2D eigenvalue weighted by Crippen LogP contribution is 2.16. The van der Waals surface area contributed by atoms with Crippen molar-refractivity contribution in [1.82, 2.24) is 5.32 Å². The fourth-order valence-electron chi connectivity index (χ4n) is 2.04. The molecule has 116 valence electrons. The summed E-state index contributed by atoms with van der Waals surface area (Å²) in [6.45, 7) is 1.77. The molecule has 0 saturated heterocycles. The Labute approximate surface area is 132 Å². The van der Waals surface area contributed by atoms with Crippen molar-refractivity contribution in [1.29, 1.82) is 5.26 Å². The van der Waals surface area contributed by atoms with Crippen LogP contribution in [0.25, 0.3) is 6.08 Å². The maximum atomic E-state index is 13.6. The average Bonchev–Trinajstić information content (AvgIpc) is 2.56. The summed E-state index contributed by atoms with van der Waals surface area (Å²) in [7, 11) is 0. The molecule has 0 saturated carbocycles. The van der Waals surface area contributed by atoms with Gasteiger partial charge in [0.1, 0.15) is 11.6 Å². The number of rotatable bonds is 4. The van der Waals surface area contributed by atoms with Gasteiger partial charge in [0, 0.05) is 5.56 Å². The summed E-state index contributed by atoms with van der Waals surface area (Å²) < 4.78 is 26.8. The molecule has 5 heteroatoms. The van der Waals surface area contributed by atoms with E-state index >= 15 is 0 Å². The van der Waals surface area contributed by atoms with Gasteiger partial charge in [-0.25, -0.2) is 8.78 Å². The fraction of sp³-hybridized carbons (Fsp3) is 0.111. The summed E-state index contributed by atoms with van der Waals surface area (Å²) in [6.07, 6.45) is 1.03. The maximum absolute atomic E-state index is 13.6. The minimum absolute atomic E-state index is 0.149. The molecule has 0 heterocycles. The normalized spacial score (nSPS) is 12.3. The first kappa shape index (κ1) is 16.4. The van der Waals surface area contributed by atoms with Crippen LogP contribution in [0.3, 0.4) is 0 Å². The quantitative estimate of drug-likeness (QED) is 0.690. The molecule has 0 aliphatic carbocycles. The second-order valence-electron chi connectivity index (χ2n) is 4.92. The van der Waals surface area contributed by atoms with Crippen molar-refractivity contribution in [3.05, 3.63) is 76.9 Å². The van der Waals surface area contributed by atoms with Crippen LogP contribution < -0.4 is 5.32 Å². The van der Waals surface area contributed by atoms with Crippen LogP contribution in [0.4, 0.5) is 8.78 Å². The Bertz CT molecular complexity index is 779. The lowest BCUT2D eigenvalue weighted by Crippen LogP contribution is -2.27. The first-order valence-electron chi connectivity index (χ1n) is 6.94. The molecule has 1 unspecified atom stereocenters. The molecule has 0 bridgehead atoms. The predicted octanol–water partition coefficient (Wildman–Crippen LogP) is 3.75. The number of benzene rings is 2. The van der Waals surface area contributed by atoms with Crippen LogP contribution in [0, 0.1) is 23.0 Å². The van der Waals surface area contributed by atoms with Gasteiger partial charge >= 0.3 is 0 Å². The lowest BCUT2D eigenvalue weighted by molar-refractivity contribution is -0.117. The van der Waals surface area contributed by atoms with Crippen molar-refractivity contribution in [2.24, 2.45) is 0 Å². The summed E-state index contributed by atoms with van der Waals surface area (Å²) >= 11 is 0. The first-order chi connectivity index (χ1) is 11.0. The third kappa shape index (κ3) is 4.01. The van der Waals surface area contributed by atoms with Gasteiger partial charge in [-0.15, -0.1) is 0 Å². The summed E-state index contributed by atoms with van der Waals surface area (Å²) in [5.41, 5.74) is 0.427. The molecular formula is C18H14F2N2O. The number of nitriles is 1. The number of hydrogen-bond acceptors (Lipinski definition) is 2. The molecule has 2 aromatic carbocycles. The lowest BCUT2D eigenvalue weighted by atomic mass is 10.1. The van der Waals surface area contributed by atoms with Gasteiger partial charge in [-0.3, -0.25) is 4.79 Å². The highest BCUT2D eigenvalue weighted by Gasteiger charge is 2.15. The van der Waals surface area contributed by atoms with Crippen LogP contribution in [0.2, 0.25) is 0 Å². The molecule has 0 aliphatic heterocycles. The number of hydrogen-bond donors (Lipinski definition) is 1. The monoisotopic (exact) mass is 312 g/mol. The van der Waals surface area contributed by atoms with Gasteiger partial charge in [0.2, 0.25) is 0 Å². The summed E-state index contributed by atoms with van der Waals surface area (Å²) in [5, 5.41) is 11.8. The predicted molar refractivity (Wildman–Crippen MR) is 82.9 cm³/mol. The number of nitrogens with zero attached hydrogens (tertiary/aromatic N) is 1.